The maximum absolute atomic E-state index is 13.4. The monoisotopic (exact) mass is 293 g/mol. The first kappa shape index (κ1) is 15.9. The second kappa shape index (κ2) is 8.10. The normalized spacial score (nSPS) is 16.9. The lowest BCUT2D eigenvalue weighted by Crippen LogP contribution is -2.49. The molecular formula is C16H24FN3O. The number of hydrogen-bond donors (Lipinski definition) is 1. The molecule has 0 bridgehead atoms. The van der Waals surface area contributed by atoms with Crippen LogP contribution in [-0.4, -0.2) is 61.5 Å². The van der Waals surface area contributed by atoms with Gasteiger partial charge in [0.2, 0.25) is 5.91 Å². The van der Waals surface area contributed by atoms with Gasteiger partial charge in [-0.15, -0.1) is 0 Å². The van der Waals surface area contributed by atoms with Crippen molar-refractivity contribution in [3.05, 3.63) is 35.6 Å². The molecule has 0 aromatic heterocycles. The quantitative estimate of drug-likeness (QED) is 0.854. The number of nitrogens with zero attached hydrogens (tertiary/aromatic N) is 2. The van der Waals surface area contributed by atoms with Crippen molar-refractivity contribution in [1.82, 2.24) is 15.1 Å². The molecule has 0 unspecified atom stereocenters. The number of likely N-dealkylation sites (N-methyl/N-ethyl adjacent to an activating group) is 1. The predicted molar refractivity (Wildman–Crippen MR) is 81.7 cm³/mol. The summed E-state index contributed by atoms with van der Waals surface area (Å²) in [5.41, 5.74) is 0.648. The molecule has 1 aromatic carbocycles. The van der Waals surface area contributed by atoms with E-state index in [1.165, 1.54) is 6.07 Å². The fourth-order valence-electron chi connectivity index (χ4n) is 2.56. The molecule has 0 saturated carbocycles. The van der Waals surface area contributed by atoms with Gasteiger partial charge in [-0.05, 0) is 24.6 Å². The van der Waals surface area contributed by atoms with Crippen molar-refractivity contribution in [3.63, 3.8) is 0 Å². The molecule has 21 heavy (non-hydrogen) atoms. The number of carbonyl (C=O) groups excluding carboxylic acids is 1. The molecule has 1 amide bonds. The summed E-state index contributed by atoms with van der Waals surface area (Å²) in [5.74, 6) is -0.182. The number of benzene rings is 1. The Hall–Kier alpha value is -1.46. The Kier molecular flexibility index (Phi) is 6.14. The highest BCUT2D eigenvalue weighted by Crippen LogP contribution is 2.06. The molecule has 1 N–H and O–H groups in total. The van der Waals surface area contributed by atoms with E-state index in [4.69, 9.17) is 0 Å². The Labute approximate surface area is 125 Å². The van der Waals surface area contributed by atoms with Crippen molar-refractivity contribution in [3.8, 4) is 0 Å². The molecule has 0 spiro atoms. The Bertz CT molecular complexity index is 459. The van der Waals surface area contributed by atoms with Crippen LogP contribution in [0.25, 0.3) is 0 Å². The smallest absolute Gasteiger partial charge is 0.234 e. The summed E-state index contributed by atoms with van der Waals surface area (Å²) in [6.45, 7) is 8.08. The highest BCUT2D eigenvalue weighted by Gasteiger charge is 2.17. The van der Waals surface area contributed by atoms with Crippen molar-refractivity contribution in [2.45, 2.75) is 13.3 Å². The first-order valence-electron chi connectivity index (χ1n) is 7.64. The van der Waals surface area contributed by atoms with E-state index in [1.807, 2.05) is 6.07 Å². The van der Waals surface area contributed by atoms with Crippen molar-refractivity contribution in [2.75, 3.05) is 45.8 Å². The lowest BCUT2D eigenvalue weighted by molar-refractivity contribution is -0.122. The average molecular weight is 293 g/mol. The van der Waals surface area contributed by atoms with Gasteiger partial charge in [-0.25, -0.2) is 4.39 Å². The van der Waals surface area contributed by atoms with E-state index < -0.39 is 0 Å². The molecule has 5 heteroatoms. The lowest BCUT2D eigenvalue weighted by Gasteiger charge is -2.33. The Balaban J connectivity index is 1.65. The van der Waals surface area contributed by atoms with E-state index in [0.717, 1.165) is 32.7 Å². The highest BCUT2D eigenvalue weighted by atomic mass is 19.1. The summed E-state index contributed by atoms with van der Waals surface area (Å²) in [7, 11) is 0. The zero-order valence-electron chi connectivity index (χ0n) is 12.6. The Morgan fingerprint density at radius 2 is 1.86 bits per heavy atom. The summed E-state index contributed by atoms with van der Waals surface area (Å²) in [4.78, 5) is 16.4. The van der Waals surface area contributed by atoms with Crippen molar-refractivity contribution < 1.29 is 9.18 Å². The SMILES string of the molecule is CCN1CCN(CC(=O)NCCc2ccccc2F)CC1. The number of rotatable bonds is 6. The number of piperazine rings is 1. The van der Waals surface area contributed by atoms with Crippen LogP contribution in [0.3, 0.4) is 0 Å². The van der Waals surface area contributed by atoms with Crippen LogP contribution in [-0.2, 0) is 11.2 Å². The zero-order chi connectivity index (χ0) is 15.1. The van der Waals surface area contributed by atoms with E-state index in [-0.39, 0.29) is 11.7 Å². The van der Waals surface area contributed by atoms with Gasteiger partial charge < -0.3 is 10.2 Å². The number of amides is 1. The van der Waals surface area contributed by atoms with Gasteiger partial charge in [0.1, 0.15) is 5.82 Å². The van der Waals surface area contributed by atoms with Crippen molar-refractivity contribution in [2.24, 2.45) is 0 Å². The van der Waals surface area contributed by atoms with Crippen LogP contribution in [0, 0.1) is 5.82 Å². The minimum Gasteiger partial charge on any atom is -0.355 e. The molecule has 4 nitrogen and oxygen atoms in total. The standard InChI is InChI=1S/C16H24FN3O/c1-2-19-9-11-20(12-10-19)13-16(21)18-8-7-14-5-3-4-6-15(14)17/h3-6H,2,7-13H2,1H3,(H,18,21). The third kappa shape index (κ3) is 5.10. The molecule has 2 rings (SSSR count). The molecule has 1 aliphatic heterocycles. The molecule has 0 radical (unpaired) electrons. The molecule has 0 aliphatic carbocycles. The largest absolute Gasteiger partial charge is 0.355 e. The molecule has 1 aliphatic rings. The van der Waals surface area contributed by atoms with Gasteiger partial charge in [-0.3, -0.25) is 9.69 Å². The first-order chi connectivity index (χ1) is 10.2. The van der Waals surface area contributed by atoms with Crippen LogP contribution in [0.5, 0.6) is 0 Å². The van der Waals surface area contributed by atoms with E-state index in [2.05, 4.69) is 22.0 Å². The van der Waals surface area contributed by atoms with Crippen LogP contribution >= 0.6 is 0 Å². The summed E-state index contributed by atoms with van der Waals surface area (Å²) in [5, 5.41) is 2.87. The maximum Gasteiger partial charge on any atom is 0.234 e. The number of hydrogen-bond acceptors (Lipinski definition) is 3. The fourth-order valence-corrected chi connectivity index (χ4v) is 2.56. The number of nitrogens with one attached hydrogen (secondary N) is 1. The predicted octanol–water partition coefficient (Wildman–Crippen LogP) is 1.12. The second-order valence-corrected chi connectivity index (χ2v) is 5.40. The maximum atomic E-state index is 13.4. The topological polar surface area (TPSA) is 35.6 Å². The van der Waals surface area contributed by atoms with Gasteiger partial charge in [0, 0.05) is 32.7 Å². The van der Waals surface area contributed by atoms with Crippen molar-refractivity contribution >= 4 is 5.91 Å². The molecule has 1 heterocycles. The van der Waals surface area contributed by atoms with Crippen LogP contribution in [0.15, 0.2) is 24.3 Å². The molecular weight excluding hydrogens is 269 g/mol. The van der Waals surface area contributed by atoms with Gasteiger partial charge in [0.15, 0.2) is 0 Å². The highest BCUT2D eigenvalue weighted by molar-refractivity contribution is 5.78. The fraction of sp³-hybridized carbons (Fsp3) is 0.562. The minimum absolute atomic E-state index is 0.0243. The summed E-state index contributed by atoms with van der Waals surface area (Å²) in [6, 6.07) is 6.69. The molecule has 1 saturated heterocycles. The van der Waals surface area contributed by atoms with Crippen LogP contribution in [0.4, 0.5) is 4.39 Å². The van der Waals surface area contributed by atoms with Gasteiger partial charge in [0.25, 0.3) is 0 Å². The van der Waals surface area contributed by atoms with Crippen LogP contribution in [0.2, 0.25) is 0 Å². The van der Waals surface area contributed by atoms with Crippen LogP contribution in [0.1, 0.15) is 12.5 Å². The number of carbonyl (C=O) groups is 1. The second-order valence-electron chi connectivity index (χ2n) is 5.40. The average Bonchev–Trinajstić information content (AvgIpc) is 2.50. The summed E-state index contributed by atoms with van der Waals surface area (Å²) >= 11 is 0. The van der Waals surface area contributed by atoms with E-state index in [1.54, 1.807) is 12.1 Å². The summed E-state index contributed by atoms with van der Waals surface area (Å²) < 4.78 is 13.4. The van der Waals surface area contributed by atoms with Gasteiger partial charge >= 0.3 is 0 Å². The molecule has 116 valence electrons. The third-order valence-electron chi connectivity index (χ3n) is 3.95. The Morgan fingerprint density at radius 3 is 2.52 bits per heavy atom. The van der Waals surface area contributed by atoms with Crippen molar-refractivity contribution in [1.29, 1.82) is 0 Å². The van der Waals surface area contributed by atoms with Gasteiger partial charge in [0.05, 0.1) is 6.54 Å². The first-order valence-corrected chi connectivity index (χ1v) is 7.64. The molecule has 0 atom stereocenters. The minimum atomic E-state index is -0.206. The van der Waals surface area contributed by atoms with Gasteiger partial charge in [-0.2, -0.15) is 0 Å². The van der Waals surface area contributed by atoms with E-state index >= 15 is 0 Å². The van der Waals surface area contributed by atoms with E-state index in [9.17, 15) is 9.18 Å². The Morgan fingerprint density at radius 1 is 1.19 bits per heavy atom. The lowest BCUT2D eigenvalue weighted by atomic mass is 10.1. The zero-order valence-corrected chi connectivity index (χ0v) is 12.6. The van der Waals surface area contributed by atoms with Crippen LogP contribution < -0.4 is 5.32 Å². The number of halogens is 1. The third-order valence-corrected chi connectivity index (χ3v) is 3.95. The van der Waals surface area contributed by atoms with E-state index in [0.29, 0.717) is 25.1 Å². The van der Waals surface area contributed by atoms with Gasteiger partial charge in [-0.1, -0.05) is 25.1 Å². The molecule has 1 aromatic rings. The molecule has 1 fully saturated rings. The summed E-state index contributed by atoms with van der Waals surface area (Å²) in [6.07, 6.45) is 0.530.